The van der Waals surface area contributed by atoms with Crippen molar-refractivity contribution in [2.24, 2.45) is 5.92 Å². The molecule has 0 unspecified atom stereocenters. The molecule has 1 aromatic carbocycles. The van der Waals surface area contributed by atoms with Gasteiger partial charge in [-0.2, -0.15) is 0 Å². The minimum atomic E-state index is -0.425. The molecule has 3 atom stereocenters. The van der Waals surface area contributed by atoms with E-state index in [0.717, 1.165) is 17.7 Å². The van der Waals surface area contributed by atoms with E-state index in [-0.39, 0.29) is 29.5 Å². The van der Waals surface area contributed by atoms with Crippen LogP contribution in [0.3, 0.4) is 0 Å². The lowest BCUT2D eigenvalue weighted by molar-refractivity contribution is -0.384. The van der Waals surface area contributed by atoms with Gasteiger partial charge in [0.1, 0.15) is 5.76 Å². The van der Waals surface area contributed by atoms with Crippen molar-refractivity contribution in [3.63, 3.8) is 0 Å². The molecule has 1 saturated carbocycles. The summed E-state index contributed by atoms with van der Waals surface area (Å²) in [7, 11) is 0. The zero-order valence-corrected chi connectivity index (χ0v) is 12.8. The zero-order valence-electron chi connectivity index (χ0n) is 12.8. The first kappa shape index (κ1) is 15.3. The van der Waals surface area contributed by atoms with Crippen LogP contribution in [0.25, 0.3) is 0 Å². The van der Waals surface area contributed by atoms with Gasteiger partial charge in [-0.3, -0.25) is 14.9 Å². The van der Waals surface area contributed by atoms with Gasteiger partial charge in [-0.25, -0.2) is 0 Å². The summed E-state index contributed by atoms with van der Waals surface area (Å²) in [6.45, 7) is 1.95. The van der Waals surface area contributed by atoms with Crippen molar-refractivity contribution in [1.29, 1.82) is 0 Å². The van der Waals surface area contributed by atoms with Crippen LogP contribution >= 0.6 is 0 Å². The van der Waals surface area contributed by atoms with Crippen molar-refractivity contribution in [1.82, 2.24) is 5.32 Å². The van der Waals surface area contributed by atoms with Crippen LogP contribution in [0.4, 0.5) is 5.69 Å². The number of amides is 1. The molecule has 0 aliphatic heterocycles. The van der Waals surface area contributed by atoms with Crippen LogP contribution in [0, 0.1) is 16.0 Å². The molecule has 1 heterocycles. The van der Waals surface area contributed by atoms with Crippen molar-refractivity contribution in [2.75, 3.05) is 0 Å². The van der Waals surface area contributed by atoms with Gasteiger partial charge in [-0.15, -0.1) is 0 Å². The summed E-state index contributed by atoms with van der Waals surface area (Å²) in [5.41, 5.74) is 0.792. The molecule has 6 nitrogen and oxygen atoms in total. The normalized spacial score (nSPS) is 20.7. The minimum absolute atomic E-state index is 0.0234. The highest BCUT2D eigenvalue weighted by molar-refractivity contribution is 5.83. The number of benzene rings is 1. The maximum atomic E-state index is 12.4. The van der Waals surface area contributed by atoms with Gasteiger partial charge in [0.25, 0.3) is 5.69 Å². The third kappa shape index (κ3) is 3.26. The molecule has 1 aromatic heterocycles. The van der Waals surface area contributed by atoms with Gasteiger partial charge in [0, 0.05) is 24.0 Å². The number of nitro benzene ring substituents is 1. The number of carbonyl (C=O) groups excluding carboxylic acids is 1. The number of hydrogen-bond acceptors (Lipinski definition) is 4. The van der Waals surface area contributed by atoms with Gasteiger partial charge < -0.3 is 9.73 Å². The second-order valence-corrected chi connectivity index (χ2v) is 5.79. The standard InChI is InChI=1S/C17H18N2O4/c1-2-15(11-5-3-6-12(9-11)19(21)22)18-17(20)14-10-13(14)16-7-4-8-23-16/h3-9,13-15H,2,10H2,1H3,(H,18,20)/t13-,14-,15+/m1/s1. The fourth-order valence-electron chi connectivity index (χ4n) is 2.86. The highest BCUT2D eigenvalue weighted by Crippen LogP contribution is 2.48. The summed E-state index contributed by atoms with van der Waals surface area (Å²) in [5, 5.41) is 13.9. The first-order valence-corrected chi connectivity index (χ1v) is 7.68. The second kappa shape index (κ2) is 6.24. The van der Waals surface area contributed by atoms with Crippen LogP contribution in [0.2, 0.25) is 0 Å². The Morgan fingerprint density at radius 2 is 2.26 bits per heavy atom. The molecule has 3 rings (SSSR count). The smallest absolute Gasteiger partial charge is 0.269 e. The summed E-state index contributed by atoms with van der Waals surface area (Å²) in [6.07, 6.45) is 3.07. The van der Waals surface area contributed by atoms with Gasteiger partial charge in [0.15, 0.2) is 0 Å². The number of carbonyl (C=O) groups is 1. The number of nitro groups is 1. The van der Waals surface area contributed by atoms with Gasteiger partial charge in [-0.1, -0.05) is 19.1 Å². The zero-order chi connectivity index (χ0) is 16.4. The summed E-state index contributed by atoms with van der Waals surface area (Å²) in [5.74, 6) is 0.889. The first-order valence-electron chi connectivity index (χ1n) is 7.68. The van der Waals surface area contributed by atoms with Crippen LogP contribution in [-0.4, -0.2) is 10.8 Å². The average molecular weight is 314 g/mol. The number of rotatable bonds is 6. The van der Waals surface area contributed by atoms with Crippen molar-refractivity contribution < 1.29 is 14.1 Å². The molecule has 1 aliphatic rings. The Kier molecular flexibility index (Phi) is 4.14. The molecule has 1 N–H and O–H groups in total. The second-order valence-electron chi connectivity index (χ2n) is 5.79. The number of hydrogen-bond donors (Lipinski definition) is 1. The number of nitrogens with one attached hydrogen (secondary N) is 1. The van der Waals surface area contributed by atoms with Crippen molar-refractivity contribution >= 4 is 11.6 Å². The Balaban J connectivity index is 1.67. The Labute approximate surface area is 133 Å². The molecule has 0 spiro atoms. The molecule has 0 radical (unpaired) electrons. The topological polar surface area (TPSA) is 85.4 Å². The molecule has 0 bridgehead atoms. The summed E-state index contributed by atoms with van der Waals surface area (Å²) < 4.78 is 5.34. The van der Waals surface area contributed by atoms with Crippen LogP contribution in [0.5, 0.6) is 0 Å². The molecule has 120 valence electrons. The molecule has 1 aliphatic carbocycles. The molecule has 6 heteroatoms. The lowest BCUT2D eigenvalue weighted by Crippen LogP contribution is -2.29. The van der Waals surface area contributed by atoms with E-state index in [0.29, 0.717) is 6.42 Å². The number of furan rings is 1. The quantitative estimate of drug-likeness (QED) is 0.652. The predicted octanol–water partition coefficient (Wildman–Crippen LogP) is 3.56. The van der Waals surface area contributed by atoms with Crippen molar-refractivity contribution in [3.05, 3.63) is 64.1 Å². The van der Waals surface area contributed by atoms with Gasteiger partial charge in [-0.05, 0) is 30.5 Å². The lowest BCUT2D eigenvalue weighted by Gasteiger charge is -2.17. The third-order valence-corrected chi connectivity index (χ3v) is 4.24. The van der Waals surface area contributed by atoms with E-state index in [2.05, 4.69) is 5.32 Å². The van der Waals surface area contributed by atoms with E-state index < -0.39 is 4.92 Å². The fraction of sp³-hybridized carbons (Fsp3) is 0.353. The minimum Gasteiger partial charge on any atom is -0.469 e. The van der Waals surface area contributed by atoms with E-state index in [9.17, 15) is 14.9 Å². The third-order valence-electron chi connectivity index (χ3n) is 4.24. The molecule has 1 amide bonds. The maximum absolute atomic E-state index is 12.4. The van der Waals surface area contributed by atoms with E-state index >= 15 is 0 Å². The van der Waals surface area contributed by atoms with Crippen molar-refractivity contribution in [2.45, 2.75) is 31.7 Å². The fourth-order valence-corrected chi connectivity index (χ4v) is 2.86. The summed E-state index contributed by atoms with van der Waals surface area (Å²) in [6, 6.07) is 9.90. The Hall–Kier alpha value is -2.63. The molecule has 1 fully saturated rings. The number of nitrogens with zero attached hydrogens (tertiary/aromatic N) is 1. The summed E-state index contributed by atoms with van der Waals surface area (Å²) in [4.78, 5) is 22.8. The van der Waals surface area contributed by atoms with Crippen LogP contribution in [0.1, 0.15) is 43.0 Å². The monoisotopic (exact) mass is 314 g/mol. The molecule has 0 saturated heterocycles. The Bertz CT molecular complexity index is 711. The van der Waals surface area contributed by atoms with Gasteiger partial charge >= 0.3 is 0 Å². The van der Waals surface area contributed by atoms with Gasteiger partial charge in [0.2, 0.25) is 5.91 Å². The average Bonchev–Trinajstić information content (AvgIpc) is 3.18. The highest BCUT2D eigenvalue weighted by atomic mass is 16.6. The molecule has 2 aromatic rings. The Morgan fingerprint density at radius 3 is 2.91 bits per heavy atom. The van der Waals surface area contributed by atoms with E-state index in [4.69, 9.17) is 4.42 Å². The van der Waals surface area contributed by atoms with E-state index in [1.54, 1.807) is 18.4 Å². The number of non-ortho nitro benzene ring substituents is 1. The van der Waals surface area contributed by atoms with Gasteiger partial charge in [0.05, 0.1) is 17.2 Å². The molecular formula is C17H18N2O4. The highest BCUT2D eigenvalue weighted by Gasteiger charge is 2.46. The molecule has 23 heavy (non-hydrogen) atoms. The maximum Gasteiger partial charge on any atom is 0.269 e. The first-order chi connectivity index (χ1) is 11.1. The SMILES string of the molecule is CC[C@H](NC(=O)[C@@H]1C[C@H]1c1ccco1)c1cccc([N+](=O)[O-])c1. The van der Waals surface area contributed by atoms with Crippen LogP contribution in [-0.2, 0) is 4.79 Å². The Morgan fingerprint density at radius 1 is 1.43 bits per heavy atom. The largest absolute Gasteiger partial charge is 0.469 e. The van der Waals surface area contributed by atoms with Crippen LogP contribution in [0.15, 0.2) is 47.1 Å². The van der Waals surface area contributed by atoms with E-state index in [1.165, 1.54) is 12.1 Å². The summed E-state index contributed by atoms with van der Waals surface area (Å²) >= 11 is 0. The molecular weight excluding hydrogens is 296 g/mol. The van der Waals surface area contributed by atoms with Crippen LogP contribution < -0.4 is 5.32 Å². The van der Waals surface area contributed by atoms with Crippen molar-refractivity contribution in [3.8, 4) is 0 Å². The predicted molar refractivity (Wildman–Crippen MR) is 83.8 cm³/mol. The van der Waals surface area contributed by atoms with E-state index in [1.807, 2.05) is 19.1 Å². The lowest BCUT2D eigenvalue weighted by atomic mass is 10.0.